The third-order valence-electron chi connectivity index (χ3n) is 5.94. The Morgan fingerprint density at radius 3 is 1.85 bits per heavy atom. The summed E-state index contributed by atoms with van der Waals surface area (Å²) in [5.74, 6) is 0.881. The molecule has 3 rings (SSSR count). The Bertz CT molecular complexity index is 926. The zero-order valence-corrected chi connectivity index (χ0v) is 17.2. The summed E-state index contributed by atoms with van der Waals surface area (Å²) < 4.78 is 35.0. The van der Waals surface area contributed by atoms with Crippen molar-refractivity contribution in [2.75, 3.05) is 0 Å². The molecule has 142 valence electrons. The molecule has 1 N–H and O–H groups in total. The number of nitrogens with zero attached hydrogens (tertiary/aromatic N) is 2. The summed E-state index contributed by atoms with van der Waals surface area (Å²) in [5.41, 5.74) is 3.99. The summed E-state index contributed by atoms with van der Waals surface area (Å²) in [5, 5.41) is 4.03. The molecule has 0 atom stereocenters. The van der Waals surface area contributed by atoms with Crippen LogP contribution in [0.2, 0.25) is 0 Å². The van der Waals surface area contributed by atoms with Crippen molar-refractivity contribution in [3.63, 3.8) is 0 Å². The van der Waals surface area contributed by atoms with Crippen molar-refractivity contribution in [3.8, 4) is 0 Å². The van der Waals surface area contributed by atoms with Crippen LogP contribution in [0, 0.1) is 41.5 Å². The predicted molar refractivity (Wildman–Crippen MR) is 99.6 cm³/mol. The second kappa shape index (κ2) is 6.46. The van der Waals surface area contributed by atoms with Gasteiger partial charge in [0.15, 0.2) is 5.82 Å². The predicted octanol–water partition coefficient (Wildman–Crippen LogP) is 3.67. The molecular formula is C19H27N3O3S. The van der Waals surface area contributed by atoms with E-state index in [0.29, 0.717) is 29.5 Å². The normalized spacial score (nSPS) is 17.0. The smallest absolute Gasteiger partial charge is 0.242 e. The van der Waals surface area contributed by atoms with Crippen molar-refractivity contribution in [2.24, 2.45) is 0 Å². The number of aromatic nitrogens is 2. The number of hydrogen-bond acceptors (Lipinski definition) is 5. The van der Waals surface area contributed by atoms with Gasteiger partial charge in [0.25, 0.3) is 0 Å². The van der Waals surface area contributed by atoms with Crippen LogP contribution >= 0.6 is 0 Å². The van der Waals surface area contributed by atoms with E-state index in [4.69, 9.17) is 4.52 Å². The average molecular weight is 378 g/mol. The number of hydrogen-bond donors (Lipinski definition) is 1. The van der Waals surface area contributed by atoms with Crippen molar-refractivity contribution >= 4 is 10.0 Å². The van der Waals surface area contributed by atoms with Gasteiger partial charge in [0.05, 0.1) is 10.4 Å². The minimum atomic E-state index is -3.74. The fourth-order valence-corrected chi connectivity index (χ4v) is 6.04. The lowest BCUT2D eigenvalue weighted by Crippen LogP contribution is -2.45. The first-order valence-electron chi connectivity index (χ1n) is 9.01. The summed E-state index contributed by atoms with van der Waals surface area (Å²) in [6.45, 7) is 11.5. The van der Waals surface area contributed by atoms with Crippen LogP contribution in [0.4, 0.5) is 0 Å². The highest BCUT2D eigenvalue weighted by molar-refractivity contribution is 7.89. The molecule has 1 aromatic heterocycles. The van der Waals surface area contributed by atoms with E-state index < -0.39 is 15.6 Å². The van der Waals surface area contributed by atoms with Gasteiger partial charge in [-0.15, -0.1) is 0 Å². The maximum atomic E-state index is 13.4. The molecule has 1 aliphatic rings. The molecule has 0 amide bonds. The second-order valence-electron chi connectivity index (χ2n) is 7.49. The molecule has 0 spiro atoms. The number of benzene rings is 1. The van der Waals surface area contributed by atoms with Gasteiger partial charge in [0, 0.05) is 6.92 Å². The van der Waals surface area contributed by atoms with Gasteiger partial charge in [-0.25, -0.2) is 8.42 Å². The molecule has 0 bridgehead atoms. The molecule has 0 unspecified atom stereocenters. The van der Waals surface area contributed by atoms with Crippen molar-refractivity contribution in [2.45, 2.75) is 77.7 Å². The SMILES string of the molecule is Cc1nc(C2(NS(=O)(=O)c3c(C)c(C)c(C)c(C)c3C)CCCC2)no1. The maximum absolute atomic E-state index is 13.4. The van der Waals surface area contributed by atoms with Gasteiger partial charge in [-0.2, -0.15) is 9.71 Å². The van der Waals surface area contributed by atoms with E-state index in [0.717, 1.165) is 40.7 Å². The molecule has 26 heavy (non-hydrogen) atoms. The molecule has 1 saturated carbocycles. The van der Waals surface area contributed by atoms with Crippen molar-refractivity contribution in [1.82, 2.24) is 14.9 Å². The fraction of sp³-hybridized carbons (Fsp3) is 0.579. The summed E-state index contributed by atoms with van der Waals surface area (Å²) >= 11 is 0. The van der Waals surface area contributed by atoms with E-state index in [-0.39, 0.29) is 0 Å². The average Bonchev–Trinajstić information content (AvgIpc) is 3.20. The number of nitrogens with one attached hydrogen (secondary N) is 1. The molecule has 2 aromatic rings. The zero-order chi connectivity index (χ0) is 19.3. The molecular weight excluding hydrogens is 350 g/mol. The van der Waals surface area contributed by atoms with Crippen molar-refractivity contribution in [1.29, 1.82) is 0 Å². The lowest BCUT2D eigenvalue weighted by Gasteiger charge is -2.28. The Morgan fingerprint density at radius 1 is 0.885 bits per heavy atom. The lowest BCUT2D eigenvalue weighted by molar-refractivity contribution is 0.338. The van der Waals surface area contributed by atoms with E-state index in [1.807, 2.05) is 34.6 Å². The first-order valence-corrected chi connectivity index (χ1v) is 10.5. The van der Waals surface area contributed by atoms with Gasteiger partial charge in [0.2, 0.25) is 15.9 Å². The zero-order valence-electron chi connectivity index (χ0n) is 16.4. The molecule has 1 aromatic carbocycles. The van der Waals surface area contributed by atoms with Crippen molar-refractivity contribution in [3.05, 3.63) is 39.5 Å². The lowest BCUT2D eigenvalue weighted by atomic mass is 9.95. The van der Waals surface area contributed by atoms with Crippen LogP contribution in [0.5, 0.6) is 0 Å². The van der Waals surface area contributed by atoms with Crippen LogP contribution in [0.1, 0.15) is 65.2 Å². The number of sulfonamides is 1. The van der Waals surface area contributed by atoms with E-state index >= 15 is 0 Å². The Kier molecular flexibility index (Phi) is 4.73. The standard InChI is InChI=1S/C19H27N3O3S/c1-11-12(2)14(4)17(15(5)13(11)3)26(23,24)22-19(9-7-8-10-19)18-20-16(6)25-21-18/h22H,7-10H2,1-6H3. The quantitative estimate of drug-likeness (QED) is 0.879. The minimum Gasteiger partial charge on any atom is -0.340 e. The Hall–Kier alpha value is -1.73. The van der Waals surface area contributed by atoms with E-state index in [2.05, 4.69) is 14.9 Å². The van der Waals surface area contributed by atoms with Crippen LogP contribution in [0.25, 0.3) is 0 Å². The summed E-state index contributed by atoms with van der Waals surface area (Å²) in [7, 11) is -3.74. The van der Waals surface area contributed by atoms with Gasteiger partial charge in [-0.05, 0) is 75.3 Å². The molecule has 1 heterocycles. The Morgan fingerprint density at radius 2 is 1.38 bits per heavy atom. The summed E-state index contributed by atoms with van der Waals surface area (Å²) in [6.07, 6.45) is 3.21. The van der Waals surface area contributed by atoms with Crippen LogP contribution in [0.3, 0.4) is 0 Å². The number of aryl methyl sites for hydroxylation is 1. The molecule has 0 saturated heterocycles. The first-order chi connectivity index (χ1) is 12.1. The van der Waals surface area contributed by atoms with Crippen molar-refractivity contribution < 1.29 is 12.9 Å². The van der Waals surface area contributed by atoms with Gasteiger partial charge in [0.1, 0.15) is 0 Å². The van der Waals surface area contributed by atoms with E-state index in [9.17, 15) is 8.42 Å². The molecule has 1 fully saturated rings. The Labute approximate surface area is 155 Å². The highest BCUT2D eigenvalue weighted by Crippen LogP contribution is 2.39. The highest BCUT2D eigenvalue weighted by Gasteiger charge is 2.44. The van der Waals surface area contributed by atoms with E-state index in [1.165, 1.54) is 0 Å². The topological polar surface area (TPSA) is 85.1 Å². The third-order valence-corrected chi connectivity index (χ3v) is 7.75. The van der Waals surface area contributed by atoms with Crippen LogP contribution in [-0.2, 0) is 15.6 Å². The second-order valence-corrected chi connectivity index (χ2v) is 9.11. The molecule has 7 heteroatoms. The summed E-state index contributed by atoms with van der Waals surface area (Å²) in [6, 6.07) is 0. The Balaban J connectivity index is 2.12. The maximum Gasteiger partial charge on any atom is 0.242 e. The minimum absolute atomic E-state index is 0.379. The number of rotatable bonds is 4. The third kappa shape index (κ3) is 2.97. The van der Waals surface area contributed by atoms with Gasteiger partial charge < -0.3 is 4.52 Å². The first kappa shape index (κ1) is 19.0. The summed E-state index contributed by atoms with van der Waals surface area (Å²) in [4.78, 5) is 4.71. The van der Waals surface area contributed by atoms with Crippen LogP contribution in [0.15, 0.2) is 9.42 Å². The van der Waals surface area contributed by atoms with E-state index in [1.54, 1.807) is 6.92 Å². The van der Waals surface area contributed by atoms with Crippen LogP contribution < -0.4 is 4.72 Å². The van der Waals surface area contributed by atoms with Gasteiger partial charge in [-0.1, -0.05) is 18.0 Å². The largest absolute Gasteiger partial charge is 0.340 e. The molecule has 1 aliphatic carbocycles. The molecule has 0 radical (unpaired) electrons. The van der Waals surface area contributed by atoms with Crippen LogP contribution in [-0.4, -0.2) is 18.6 Å². The molecule has 0 aliphatic heterocycles. The van der Waals surface area contributed by atoms with Gasteiger partial charge >= 0.3 is 0 Å². The fourth-order valence-electron chi connectivity index (χ4n) is 4.02. The monoisotopic (exact) mass is 377 g/mol. The highest BCUT2D eigenvalue weighted by atomic mass is 32.2. The van der Waals surface area contributed by atoms with Gasteiger partial charge in [-0.3, -0.25) is 0 Å². The molecule has 6 nitrogen and oxygen atoms in total.